The molecule has 4 nitrogen and oxygen atoms in total. The molecule has 0 N–H and O–H groups in total. The van der Waals surface area contributed by atoms with Crippen molar-refractivity contribution in [2.75, 3.05) is 11.5 Å². The number of ether oxygens (including phenoxy) is 1. The third-order valence-corrected chi connectivity index (χ3v) is 2.83. The van der Waals surface area contributed by atoms with E-state index in [4.69, 9.17) is 4.74 Å². The van der Waals surface area contributed by atoms with E-state index in [0.29, 0.717) is 11.7 Å². The monoisotopic (exact) mass is 248 g/mol. The first-order chi connectivity index (χ1) is 8.33. The van der Waals surface area contributed by atoms with Crippen LogP contribution in [0.2, 0.25) is 0 Å². The van der Waals surface area contributed by atoms with Crippen molar-refractivity contribution >= 4 is 28.2 Å². The molecule has 0 spiro atoms. The first-order valence-electron chi connectivity index (χ1n) is 5.24. The number of hydrogen-bond acceptors (Lipinski definition) is 4. The first kappa shape index (κ1) is 11.6. The fraction of sp³-hybridized carbons (Fsp3) is 0.167. The van der Waals surface area contributed by atoms with E-state index in [1.165, 1.54) is 16.2 Å². The molecule has 0 bridgehead atoms. The standard InChI is InChI=1S/C12H12N2O2S/c1-2-16-12(15)14(11-13-8-9-17-11)10-6-4-3-5-7-10/h3-9H,2H2,1H3. The maximum atomic E-state index is 11.9. The van der Waals surface area contributed by atoms with Crippen molar-refractivity contribution in [2.24, 2.45) is 0 Å². The van der Waals surface area contributed by atoms with Crippen molar-refractivity contribution in [2.45, 2.75) is 6.92 Å². The van der Waals surface area contributed by atoms with E-state index in [-0.39, 0.29) is 0 Å². The third-order valence-electron chi connectivity index (χ3n) is 2.08. The molecule has 0 saturated heterocycles. The molecule has 0 unspecified atom stereocenters. The topological polar surface area (TPSA) is 42.4 Å². The van der Waals surface area contributed by atoms with Gasteiger partial charge in [-0.05, 0) is 19.1 Å². The summed E-state index contributed by atoms with van der Waals surface area (Å²) in [4.78, 5) is 17.5. The van der Waals surface area contributed by atoms with Gasteiger partial charge in [-0.1, -0.05) is 18.2 Å². The Kier molecular flexibility index (Phi) is 3.72. The second-order valence-corrected chi connectivity index (χ2v) is 4.06. The number of rotatable bonds is 3. The second-order valence-electron chi connectivity index (χ2n) is 3.18. The Bertz CT molecular complexity index is 471. The number of carbonyl (C=O) groups is 1. The highest BCUT2D eigenvalue weighted by Crippen LogP contribution is 2.27. The number of aromatic nitrogens is 1. The molecule has 1 heterocycles. The molecular weight excluding hydrogens is 236 g/mol. The predicted octanol–water partition coefficient (Wildman–Crippen LogP) is 3.44. The summed E-state index contributed by atoms with van der Waals surface area (Å²) in [5.41, 5.74) is 0.751. The number of para-hydroxylation sites is 1. The zero-order chi connectivity index (χ0) is 12.1. The van der Waals surface area contributed by atoms with Crippen molar-refractivity contribution in [3.63, 3.8) is 0 Å². The van der Waals surface area contributed by atoms with E-state index in [0.717, 1.165) is 5.69 Å². The van der Waals surface area contributed by atoms with Crippen molar-refractivity contribution in [3.8, 4) is 0 Å². The largest absolute Gasteiger partial charge is 0.449 e. The smallest absolute Gasteiger partial charge is 0.420 e. The molecule has 0 aliphatic heterocycles. The summed E-state index contributed by atoms with van der Waals surface area (Å²) in [7, 11) is 0. The second kappa shape index (κ2) is 5.45. The summed E-state index contributed by atoms with van der Waals surface area (Å²) < 4.78 is 5.04. The van der Waals surface area contributed by atoms with Crippen LogP contribution < -0.4 is 4.90 Å². The molecule has 0 fully saturated rings. The van der Waals surface area contributed by atoms with Crippen LogP contribution >= 0.6 is 11.3 Å². The average molecular weight is 248 g/mol. The van der Waals surface area contributed by atoms with Gasteiger partial charge in [0.1, 0.15) is 0 Å². The number of anilines is 2. The Morgan fingerprint density at radius 3 is 2.76 bits per heavy atom. The normalized spacial score (nSPS) is 9.94. The SMILES string of the molecule is CCOC(=O)N(c1ccccc1)c1nccs1. The average Bonchev–Trinajstić information content (AvgIpc) is 2.85. The highest BCUT2D eigenvalue weighted by atomic mass is 32.1. The van der Waals surface area contributed by atoms with Crippen LogP contribution in [0.25, 0.3) is 0 Å². The van der Waals surface area contributed by atoms with Crippen LogP contribution in [0.1, 0.15) is 6.92 Å². The Balaban J connectivity index is 2.35. The van der Waals surface area contributed by atoms with Gasteiger partial charge >= 0.3 is 6.09 Å². The Morgan fingerprint density at radius 1 is 1.41 bits per heavy atom. The summed E-state index contributed by atoms with van der Waals surface area (Å²) in [5.74, 6) is 0. The fourth-order valence-electron chi connectivity index (χ4n) is 1.39. The zero-order valence-electron chi connectivity index (χ0n) is 9.37. The minimum atomic E-state index is -0.409. The summed E-state index contributed by atoms with van der Waals surface area (Å²) in [6, 6.07) is 9.33. The summed E-state index contributed by atoms with van der Waals surface area (Å²) in [6.45, 7) is 2.12. The minimum Gasteiger partial charge on any atom is -0.449 e. The van der Waals surface area contributed by atoms with Crippen LogP contribution in [-0.2, 0) is 4.74 Å². The van der Waals surface area contributed by atoms with Crippen LogP contribution in [0.15, 0.2) is 41.9 Å². The van der Waals surface area contributed by atoms with Crippen LogP contribution in [0.5, 0.6) is 0 Å². The number of nitrogens with zero attached hydrogens (tertiary/aromatic N) is 2. The van der Waals surface area contributed by atoms with Crippen molar-refractivity contribution < 1.29 is 9.53 Å². The lowest BCUT2D eigenvalue weighted by molar-refractivity contribution is 0.162. The molecule has 0 atom stereocenters. The van der Waals surface area contributed by atoms with Gasteiger partial charge < -0.3 is 4.74 Å². The zero-order valence-corrected chi connectivity index (χ0v) is 10.2. The molecular formula is C12H12N2O2S. The number of thiazole rings is 1. The van der Waals surface area contributed by atoms with E-state index in [9.17, 15) is 4.79 Å². The van der Waals surface area contributed by atoms with Gasteiger partial charge in [0, 0.05) is 11.6 Å². The van der Waals surface area contributed by atoms with Crippen molar-refractivity contribution in [1.29, 1.82) is 0 Å². The van der Waals surface area contributed by atoms with Gasteiger partial charge in [0.15, 0.2) is 5.13 Å². The quantitative estimate of drug-likeness (QED) is 0.835. The molecule has 2 aromatic rings. The maximum Gasteiger partial charge on any atom is 0.420 e. The fourth-order valence-corrected chi connectivity index (χ4v) is 2.04. The van der Waals surface area contributed by atoms with Crippen molar-refractivity contribution in [3.05, 3.63) is 41.9 Å². The van der Waals surface area contributed by atoms with Gasteiger partial charge in [0.25, 0.3) is 0 Å². The summed E-state index contributed by atoms with van der Waals surface area (Å²) >= 11 is 1.39. The number of amides is 1. The van der Waals surface area contributed by atoms with E-state index in [2.05, 4.69) is 4.98 Å². The van der Waals surface area contributed by atoms with E-state index < -0.39 is 6.09 Å². The van der Waals surface area contributed by atoms with Gasteiger partial charge in [-0.3, -0.25) is 0 Å². The number of benzene rings is 1. The van der Waals surface area contributed by atoms with Gasteiger partial charge in [-0.2, -0.15) is 0 Å². The molecule has 0 aliphatic carbocycles. The lowest BCUT2D eigenvalue weighted by atomic mass is 10.3. The van der Waals surface area contributed by atoms with E-state index in [1.54, 1.807) is 13.1 Å². The lowest BCUT2D eigenvalue weighted by Gasteiger charge is -2.18. The molecule has 5 heteroatoms. The van der Waals surface area contributed by atoms with Gasteiger partial charge in [0.05, 0.1) is 12.3 Å². The molecule has 2 rings (SSSR count). The molecule has 0 aliphatic rings. The summed E-state index contributed by atoms with van der Waals surface area (Å²) in [6.07, 6.45) is 1.25. The summed E-state index contributed by atoms with van der Waals surface area (Å²) in [5, 5.41) is 2.43. The molecule has 88 valence electrons. The predicted molar refractivity (Wildman–Crippen MR) is 67.7 cm³/mol. The van der Waals surface area contributed by atoms with Crippen LogP contribution in [0.4, 0.5) is 15.6 Å². The maximum absolute atomic E-state index is 11.9. The Morgan fingerprint density at radius 2 is 2.18 bits per heavy atom. The molecule has 17 heavy (non-hydrogen) atoms. The number of carbonyl (C=O) groups excluding carboxylic acids is 1. The minimum absolute atomic E-state index is 0.341. The highest BCUT2D eigenvalue weighted by molar-refractivity contribution is 7.13. The molecule has 0 saturated carbocycles. The van der Waals surface area contributed by atoms with Gasteiger partial charge in [-0.25, -0.2) is 14.7 Å². The van der Waals surface area contributed by atoms with Crippen molar-refractivity contribution in [1.82, 2.24) is 4.98 Å². The van der Waals surface area contributed by atoms with E-state index in [1.807, 2.05) is 35.7 Å². The number of hydrogen-bond donors (Lipinski definition) is 0. The van der Waals surface area contributed by atoms with Crippen LogP contribution in [0, 0.1) is 0 Å². The van der Waals surface area contributed by atoms with Gasteiger partial charge in [-0.15, -0.1) is 11.3 Å². The first-order valence-corrected chi connectivity index (χ1v) is 6.12. The molecule has 1 aromatic heterocycles. The molecule has 1 aromatic carbocycles. The lowest BCUT2D eigenvalue weighted by Crippen LogP contribution is -2.26. The Labute approximate surface area is 103 Å². The molecule has 1 amide bonds. The molecule has 0 radical (unpaired) electrons. The third kappa shape index (κ3) is 2.62. The van der Waals surface area contributed by atoms with Gasteiger partial charge in [0.2, 0.25) is 0 Å². The van der Waals surface area contributed by atoms with Crippen LogP contribution in [0.3, 0.4) is 0 Å². The van der Waals surface area contributed by atoms with E-state index >= 15 is 0 Å². The van der Waals surface area contributed by atoms with Crippen LogP contribution in [-0.4, -0.2) is 17.7 Å². The Hall–Kier alpha value is -1.88. The highest BCUT2D eigenvalue weighted by Gasteiger charge is 2.20.